The number of hydrogen-bond donors (Lipinski definition) is 0. The number of fused-ring (bicyclic) bond motifs is 1. The lowest BCUT2D eigenvalue weighted by Crippen LogP contribution is -2.51. The largest absolute Gasteiger partial charge is 0.376 e. The Kier molecular flexibility index (Phi) is 5.75. The van der Waals surface area contributed by atoms with Crippen molar-refractivity contribution in [2.75, 3.05) is 26.3 Å². The van der Waals surface area contributed by atoms with Crippen LogP contribution in [0.5, 0.6) is 0 Å². The van der Waals surface area contributed by atoms with E-state index in [0.717, 1.165) is 5.57 Å². The van der Waals surface area contributed by atoms with Crippen molar-refractivity contribution in [3.63, 3.8) is 0 Å². The van der Waals surface area contributed by atoms with E-state index in [-0.39, 0.29) is 24.8 Å². The summed E-state index contributed by atoms with van der Waals surface area (Å²) in [5.41, 5.74) is 2.20. The standard InChI is InChI=1S/C21H31N3O5S/c1-14(2)11-29-13-20(4,5)30(27,28)21(8-9-21)12-24-10-7-16-17(15(3)25)22-23(6)18(16)19(24)26/h1,7-13H2,2-6H3. The van der Waals surface area contributed by atoms with Crippen molar-refractivity contribution in [1.29, 1.82) is 0 Å². The Morgan fingerprint density at radius 3 is 2.47 bits per heavy atom. The molecule has 1 aliphatic carbocycles. The van der Waals surface area contributed by atoms with Crippen LogP contribution in [0.4, 0.5) is 0 Å². The van der Waals surface area contributed by atoms with Gasteiger partial charge in [0.2, 0.25) is 0 Å². The number of carbonyl (C=O) groups excluding carboxylic acids is 2. The smallest absolute Gasteiger partial charge is 0.272 e. The second-order valence-corrected chi connectivity index (χ2v) is 12.2. The molecule has 1 aliphatic heterocycles. The Hall–Kier alpha value is -2.00. The Labute approximate surface area is 178 Å². The zero-order valence-corrected chi connectivity index (χ0v) is 19.3. The van der Waals surface area contributed by atoms with Crippen LogP contribution in [0.3, 0.4) is 0 Å². The first-order chi connectivity index (χ1) is 13.8. The minimum atomic E-state index is -3.57. The molecule has 1 aromatic heterocycles. The maximum Gasteiger partial charge on any atom is 0.272 e. The predicted molar refractivity (Wildman–Crippen MR) is 113 cm³/mol. The molecule has 166 valence electrons. The van der Waals surface area contributed by atoms with Crippen molar-refractivity contribution in [1.82, 2.24) is 14.7 Å². The maximum absolute atomic E-state index is 13.5. The lowest BCUT2D eigenvalue weighted by Gasteiger charge is -2.35. The van der Waals surface area contributed by atoms with E-state index >= 15 is 0 Å². The van der Waals surface area contributed by atoms with Crippen molar-refractivity contribution < 1.29 is 22.7 Å². The van der Waals surface area contributed by atoms with E-state index in [1.165, 1.54) is 11.6 Å². The van der Waals surface area contributed by atoms with Crippen LogP contribution in [0, 0.1) is 0 Å². The highest BCUT2D eigenvalue weighted by Gasteiger charge is 2.61. The van der Waals surface area contributed by atoms with Gasteiger partial charge in [0.05, 0.1) is 22.7 Å². The van der Waals surface area contributed by atoms with E-state index in [4.69, 9.17) is 4.74 Å². The monoisotopic (exact) mass is 437 g/mol. The summed E-state index contributed by atoms with van der Waals surface area (Å²) in [6.45, 7) is 11.3. The van der Waals surface area contributed by atoms with E-state index in [2.05, 4.69) is 11.7 Å². The number of aromatic nitrogens is 2. The van der Waals surface area contributed by atoms with Crippen LogP contribution in [0.2, 0.25) is 0 Å². The Balaban J connectivity index is 1.80. The fourth-order valence-corrected chi connectivity index (χ4v) is 6.51. The predicted octanol–water partition coefficient (Wildman–Crippen LogP) is 1.94. The number of hydrogen-bond acceptors (Lipinski definition) is 6. The van der Waals surface area contributed by atoms with Crippen LogP contribution in [-0.4, -0.2) is 70.6 Å². The van der Waals surface area contributed by atoms with Gasteiger partial charge in [0.25, 0.3) is 5.91 Å². The molecule has 9 heteroatoms. The van der Waals surface area contributed by atoms with Crippen LogP contribution in [0.25, 0.3) is 0 Å². The summed E-state index contributed by atoms with van der Waals surface area (Å²) < 4.78 is 32.0. The van der Waals surface area contributed by atoms with Gasteiger partial charge in [0.15, 0.2) is 15.6 Å². The van der Waals surface area contributed by atoms with Gasteiger partial charge in [0.1, 0.15) is 11.4 Å². The molecule has 1 fully saturated rings. The molecule has 0 unspecified atom stereocenters. The Bertz CT molecular complexity index is 1000. The third kappa shape index (κ3) is 3.73. The summed E-state index contributed by atoms with van der Waals surface area (Å²) >= 11 is 0. The van der Waals surface area contributed by atoms with E-state index in [1.807, 2.05) is 6.92 Å². The summed E-state index contributed by atoms with van der Waals surface area (Å²) in [6, 6.07) is 0. The van der Waals surface area contributed by atoms with Gasteiger partial charge >= 0.3 is 0 Å². The zero-order valence-electron chi connectivity index (χ0n) is 18.4. The molecule has 0 spiro atoms. The molecule has 2 aliphatic rings. The number of sulfone groups is 1. The van der Waals surface area contributed by atoms with Gasteiger partial charge < -0.3 is 9.64 Å². The van der Waals surface area contributed by atoms with Crippen LogP contribution in [-0.2, 0) is 28.0 Å². The molecule has 1 amide bonds. The highest BCUT2D eigenvalue weighted by molar-refractivity contribution is 7.94. The molecule has 0 saturated heterocycles. The number of ether oxygens (including phenoxy) is 1. The SMILES string of the molecule is C=C(C)COCC(C)(C)S(=O)(=O)C1(CN2CCc3c(C(C)=O)nn(C)c3C2=O)CC1. The molecule has 0 N–H and O–H groups in total. The first kappa shape index (κ1) is 22.7. The maximum atomic E-state index is 13.5. The van der Waals surface area contributed by atoms with Gasteiger partial charge in [-0.05, 0) is 40.0 Å². The minimum Gasteiger partial charge on any atom is -0.376 e. The molecular formula is C21H31N3O5S. The summed E-state index contributed by atoms with van der Waals surface area (Å²) in [7, 11) is -1.93. The lowest BCUT2D eigenvalue weighted by molar-refractivity contribution is 0.0723. The van der Waals surface area contributed by atoms with Gasteiger partial charge in [-0.15, -0.1) is 0 Å². The minimum absolute atomic E-state index is 0.0751. The van der Waals surface area contributed by atoms with Crippen molar-refractivity contribution in [2.24, 2.45) is 7.05 Å². The third-order valence-corrected chi connectivity index (χ3v) is 9.23. The number of carbonyl (C=O) groups is 2. The highest BCUT2D eigenvalue weighted by Crippen LogP contribution is 2.49. The molecule has 0 atom stereocenters. The fourth-order valence-electron chi connectivity index (χ4n) is 4.14. The van der Waals surface area contributed by atoms with E-state index in [0.29, 0.717) is 49.4 Å². The molecule has 2 heterocycles. The highest BCUT2D eigenvalue weighted by atomic mass is 32.2. The van der Waals surface area contributed by atoms with Gasteiger partial charge in [-0.1, -0.05) is 12.2 Å². The molecule has 30 heavy (non-hydrogen) atoms. The van der Waals surface area contributed by atoms with Crippen molar-refractivity contribution in [2.45, 2.75) is 56.5 Å². The van der Waals surface area contributed by atoms with Gasteiger partial charge in [-0.25, -0.2) is 8.42 Å². The average molecular weight is 438 g/mol. The van der Waals surface area contributed by atoms with E-state index in [9.17, 15) is 18.0 Å². The molecule has 1 saturated carbocycles. The molecule has 8 nitrogen and oxygen atoms in total. The molecular weight excluding hydrogens is 406 g/mol. The number of Topliss-reactive ketones (excluding diaryl/α,β-unsaturated/α-hetero) is 1. The number of rotatable bonds is 9. The average Bonchev–Trinajstić information content (AvgIpc) is 3.34. The molecule has 0 aromatic carbocycles. The molecule has 3 rings (SSSR count). The topological polar surface area (TPSA) is 98.6 Å². The number of aryl methyl sites for hydroxylation is 1. The zero-order chi connectivity index (χ0) is 22.5. The summed E-state index contributed by atoms with van der Waals surface area (Å²) in [6.07, 6.45) is 1.55. The molecule has 0 bridgehead atoms. The van der Waals surface area contributed by atoms with Crippen LogP contribution < -0.4 is 0 Å². The van der Waals surface area contributed by atoms with Gasteiger partial charge in [-0.3, -0.25) is 14.3 Å². The van der Waals surface area contributed by atoms with Crippen molar-refractivity contribution >= 4 is 21.5 Å². The quantitative estimate of drug-likeness (QED) is 0.432. The van der Waals surface area contributed by atoms with E-state index in [1.54, 1.807) is 25.8 Å². The fraction of sp³-hybridized carbons (Fsp3) is 0.667. The Morgan fingerprint density at radius 2 is 1.93 bits per heavy atom. The summed E-state index contributed by atoms with van der Waals surface area (Å²) in [5, 5.41) is 4.20. The number of nitrogens with zero attached hydrogens (tertiary/aromatic N) is 3. The van der Waals surface area contributed by atoms with E-state index < -0.39 is 19.3 Å². The van der Waals surface area contributed by atoms with Crippen LogP contribution >= 0.6 is 0 Å². The summed E-state index contributed by atoms with van der Waals surface area (Å²) in [5.74, 6) is -0.442. The first-order valence-corrected chi connectivity index (χ1v) is 11.6. The van der Waals surface area contributed by atoms with Crippen molar-refractivity contribution in [3.05, 3.63) is 29.1 Å². The second-order valence-electron chi connectivity index (χ2n) is 9.23. The van der Waals surface area contributed by atoms with Gasteiger partial charge in [0, 0.05) is 32.6 Å². The van der Waals surface area contributed by atoms with Crippen LogP contribution in [0.15, 0.2) is 12.2 Å². The number of ketones is 1. The third-order valence-electron chi connectivity index (χ3n) is 5.98. The van der Waals surface area contributed by atoms with Gasteiger partial charge in [-0.2, -0.15) is 5.10 Å². The molecule has 0 radical (unpaired) electrons. The van der Waals surface area contributed by atoms with Crippen molar-refractivity contribution in [3.8, 4) is 0 Å². The molecule has 1 aromatic rings. The first-order valence-electron chi connectivity index (χ1n) is 10.2. The summed E-state index contributed by atoms with van der Waals surface area (Å²) in [4.78, 5) is 26.6. The number of amides is 1. The second kappa shape index (κ2) is 7.60. The lowest BCUT2D eigenvalue weighted by atomic mass is 10.0. The van der Waals surface area contributed by atoms with Crippen LogP contribution in [0.1, 0.15) is 67.1 Å². The Morgan fingerprint density at radius 1 is 1.30 bits per heavy atom. The normalized spacial score (nSPS) is 18.3.